The van der Waals surface area contributed by atoms with E-state index in [0.29, 0.717) is 5.84 Å². The van der Waals surface area contributed by atoms with Gasteiger partial charge < -0.3 is 5.73 Å². The Bertz CT molecular complexity index is 345. The molecule has 0 aliphatic rings. The van der Waals surface area contributed by atoms with Crippen molar-refractivity contribution in [3.05, 3.63) is 29.3 Å². The van der Waals surface area contributed by atoms with E-state index in [4.69, 9.17) is 17.3 Å². The lowest BCUT2D eigenvalue weighted by molar-refractivity contribution is 1.12. The van der Waals surface area contributed by atoms with E-state index in [-0.39, 0.29) is 5.88 Å². The molecule has 76 valence electrons. The number of aryl methyl sites for hydroxylation is 2. The lowest BCUT2D eigenvalue weighted by Crippen LogP contribution is -2.12. The second-order valence-electron chi connectivity index (χ2n) is 3.17. The Kier molecular flexibility index (Phi) is 3.96. The van der Waals surface area contributed by atoms with E-state index in [2.05, 4.69) is 18.0 Å². The molecule has 3 heteroatoms. The number of amidine groups is 1. The molecule has 1 aromatic carbocycles. The zero-order valence-corrected chi connectivity index (χ0v) is 9.30. The van der Waals surface area contributed by atoms with Crippen LogP contribution >= 0.6 is 11.6 Å². The number of benzene rings is 1. The van der Waals surface area contributed by atoms with Gasteiger partial charge >= 0.3 is 0 Å². The Morgan fingerprint density at radius 2 is 2.21 bits per heavy atom. The predicted octanol–water partition coefficient (Wildman–Crippen LogP) is 2.78. The van der Waals surface area contributed by atoms with E-state index in [1.807, 2.05) is 19.1 Å². The highest BCUT2D eigenvalue weighted by atomic mass is 35.5. The molecule has 0 heterocycles. The first-order valence-electron chi connectivity index (χ1n) is 4.66. The molecule has 2 N–H and O–H groups in total. The minimum Gasteiger partial charge on any atom is -0.386 e. The second-order valence-corrected chi connectivity index (χ2v) is 3.44. The SMILES string of the molecule is CCc1cccc(C)c1N=C(N)CCl. The number of alkyl halides is 1. The van der Waals surface area contributed by atoms with Crippen LogP contribution < -0.4 is 5.73 Å². The van der Waals surface area contributed by atoms with Gasteiger partial charge in [0.05, 0.1) is 11.6 Å². The summed E-state index contributed by atoms with van der Waals surface area (Å²) in [6.45, 7) is 4.13. The van der Waals surface area contributed by atoms with Gasteiger partial charge in [0.2, 0.25) is 0 Å². The van der Waals surface area contributed by atoms with Crippen LogP contribution in [0.5, 0.6) is 0 Å². The third-order valence-corrected chi connectivity index (χ3v) is 2.37. The summed E-state index contributed by atoms with van der Waals surface area (Å²) < 4.78 is 0. The van der Waals surface area contributed by atoms with Crippen molar-refractivity contribution in [3.8, 4) is 0 Å². The summed E-state index contributed by atoms with van der Waals surface area (Å²) in [6, 6.07) is 6.12. The molecule has 0 aromatic heterocycles. The summed E-state index contributed by atoms with van der Waals surface area (Å²) in [7, 11) is 0. The summed E-state index contributed by atoms with van der Waals surface area (Å²) in [5, 5.41) is 0. The van der Waals surface area contributed by atoms with E-state index in [9.17, 15) is 0 Å². The number of halogens is 1. The Labute approximate surface area is 89.8 Å². The van der Waals surface area contributed by atoms with E-state index in [1.165, 1.54) is 5.56 Å². The maximum Gasteiger partial charge on any atom is 0.115 e. The number of aliphatic imine (C=N–C) groups is 1. The molecule has 0 aliphatic heterocycles. The molecule has 0 amide bonds. The first kappa shape index (κ1) is 11.1. The van der Waals surface area contributed by atoms with Gasteiger partial charge in [0.25, 0.3) is 0 Å². The van der Waals surface area contributed by atoms with Crippen LogP contribution in [0.4, 0.5) is 5.69 Å². The first-order valence-corrected chi connectivity index (χ1v) is 5.20. The zero-order valence-electron chi connectivity index (χ0n) is 8.55. The molecule has 0 saturated heterocycles. The van der Waals surface area contributed by atoms with E-state index < -0.39 is 0 Å². The average Bonchev–Trinajstić information content (AvgIpc) is 2.20. The van der Waals surface area contributed by atoms with Crippen LogP contribution in [0.25, 0.3) is 0 Å². The number of rotatable bonds is 3. The minimum absolute atomic E-state index is 0.275. The van der Waals surface area contributed by atoms with Gasteiger partial charge in [-0.2, -0.15) is 0 Å². The van der Waals surface area contributed by atoms with Crippen molar-refractivity contribution >= 4 is 23.1 Å². The smallest absolute Gasteiger partial charge is 0.115 e. The molecule has 2 nitrogen and oxygen atoms in total. The summed E-state index contributed by atoms with van der Waals surface area (Å²) in [4.78, 5) is 4.31. The number of hydrogen-bond donors (Lipinski definition) is 1. The number of para-hydroxylation sites is 1. The van der Waals surface area contributed by atoms with Gasteiger partial charge in [-0.05, 0) is 24.5 Å². The van der Waals surface area contributed by atoms with Crippen LogP contribution in [0.15, 0.2) is 23.2 Å². The summed E-state index contributed by atoms with van der Waals surface area (Å²) in [5.41, 5.74) is 8.92. The molecule has 0 radical (unpaired) electrons. The molecule has 0 spiro atoms. The second kappa shape index (κ2) is 5.01. The molecule has 0 unspecified atom stereocenters. The Balaban J connectivity index is 3.17. The summed E-state index contributed by atoms with van der Waals surface area (Å²) in [6.07, 6.45) is 0.954. The van der Waals surface area contributed by atoms with Crippen molar-refractivity contribution in [1.29, 1.82) is 0 Å². The van der Waals surface area contributed by atoms with Crippen molar-refractivity contribution in [2.45, 2.75) is 20.3 Å². The number of nitrogens with zero attached hydrogens (tertiary/aromatic N) is 1. The van der Waals surface area contributed by atoms with Gasteiger partial charge in [-0.1, -0.05) is 25.1 Å². The van der Waals surface area contributed by atoms with Crippen molar-refractivity contribution in [2.75, 3.05) is 5.88 Å². The van der Waals surface area contributed by atoms with Crippen LogP contribution in [-0.4, -0.2) is 11.7 Å². The average molecular weight is 211 g/mol. The molecule has 14 heavy (non-hydrogen) atoms. The van der Waals surface area contributed by atoms with Crippen molar-refractivity contribution in [3.63, 3.8) is 0 Å². The maximum absolute atomic E-state index is 5.62. The first-order chi connectivity index (χ1) is 6.69. The fourth-order valence-corrected chi connectivity index (χ4v) is 1.40. The topological polar surface area (TPSA) is 38.4 Å². The normalized spacial score (nSPS) is 11.8. The highest BCUT2D eigenvalue weighted by molar-refractivity contribution is 6.28. The summed E-state index contributed by atoms with van der Waals surface area (Å²) in [5.74, 6) is 0.743. The Morgan fingerprint density at radius 1 is 1.50 bits per heavy atom. The van der Waals surface area contributed by atoms with Crippen LogP contribution in [0.1, 0.15) is 18.1 Å². The van der Waals surface area contributed by atoms with E-state index >= 15 is 0 Å². The van der Waals surface area contributed by atoms with Crippen LogP contribution in [0.3, 0.4) is 0 Å². The Hall–Kier alpha value is -1.02. The molecule has 0 fully saturated rings. The van der Waals surface area contributed by atoms with Crippen molar-refractivity contribution < 1.29 is 0 Å². The number of nitrogens with two attached hydrogens (primary N) is 1. The van der Waals surface area contributed by atoms with Gasteiger partial charge in [-0.25, -0.2) is 4.99 Å². The standard InChI is InChI=1S/C11H15ClN2/c1-3-9-6-4-5-8(2)11(9)14-10(13)7-12/h4-6H,3,7H2,1-2H3,(H2,13,14). The fraction of sp³-hybridized carbons (Fsp3) is 0.364. The van der Waals surface area contributed by atoms with Gasteiger partial charge in [0.1, 0.15) is 5.84 Å². The quantitative estimate of drug-likeness (QED) is 0.465. The maximum atomic E-state index is 5.62. The monoisotopic (exact) mass is 210 g/mol. The Morgan fingerprint density at radius 3 is 2.79 bits per heavy atom. The zero-order chi connectivity index (χ0) is 10.6. The van der Waals surface area contributed by atoms with E-state index in [1.54, 1.807) is 0 Å². The van der Waals surface area contributed by atoms with Crippen LogP contribution in [-0.2, 0) is 6.42 Å². The highest BCUT2D eigenvalue weighted by Crippen LogP contribution is 2.24. The third kappa shape index (κ3) is 2.48. The van der Waals surface area contributed by atoms with Crippen LogP contribution in [0.2, 0.25) is 0 Å². The molecule has 1 rings (SSSR count). The lowest BCUT2D eigenvalue weighted by Gasteiger charge is -2.06. The van der Waals surface area contributed by atoms with Gasteiger partial charge in [0.15, 0.2) is 0 Å². The summed E-state index contributed by atoms with van der Waals surface area (Å²) >= 11 is 5.59. The van der Waals surface area contributed by atoms with Crippen molar-refractivity contribution in [1.82, 2.24) is 0 Å². The fourth-order valence-electron chi connectivity index (χ4n) is 1.34. The highest BCUT2D eigenvalue weighted by Gasteiger charge is 2.02. The molecule has 1 aromatic rings. The molecule has 0 saturated carbocycles. The largest absolute Gasteiger partial charge is 0.386 e. The van der Waals surface area contributed by atoms with Gasteiger partial charge in [-0.15, -0.1) is 11.6 Å². The van der Waals surface area contributed by atoms with Crippen LogP contribution in [0, 0.1) is 6.92 Å². The molecule has 0 bridgehead atoms. The lowest BCUT2D eigenvalue weighted by atomic mass is 10.1. The molecular formula is C11H15ClN2. The third-order valence-electron chi connectivity index (χ3n) is 2.09. The molecular weight excluding hydrogens is 196 g/mol. The van der Waals surface area contributed by atoms with Crippen molar-refractivity contribution in [2.24, 2.45) is 10.7 Å². The van der Waals surface area contributed by atoms with Gasteiger partial charge in [-0.3, -0.25) is 0 Å². The van der Waals surface area contributed by atoms with Gasteiger partial charge in [0, 0.05) is 0 Å². The predicted molar refractivity (Wildman–Crippen MR) is 62.6 cm³/mol. The number of hydrogen-bond acceptors (Lipinski definition) is 1. The molecule has 0 aliphatic carbocycles. The van der Waals surface area contributed by atoms with E-state index in [0.717, 1.165) is 17.7 Å². The minimum atomic E-state index is 0.275. The molecule has 0 atom stereocenters.